The Morgan fingerprint density at radius 2 is 2.09 bits per heavy atom. The number of benzene rings is 2. The third-order valence-electron chi connectivity index (χ3n) is 5.78. The van der Waals surface area contributed by atoms with Crippen LogP contribution in [0.5, 0.6) is 5.88 Å². The van der Waals surface area contributed by atoms with Gasteiger partial charge in [0.1, 0.15) is 18.6 Å². The van der Waals surface area contributed by atoms with Crippen LogP contribution in [0.15, 0.2) is 60.8 Å². The Morgan fingerprint density at radius 3 is 2.82 bits per heavy atom. The van der Waals surface area contributed by atoms with Crippen LogP contribution in [0, 0.1) is 5.82 Å². The molecule has 33 heavy (non-hydrogen) atoms. The van der Waals surface area contributed by atoms with Gasteiger partial charge in [-0.15, -0.1) is 4.37 Å². The lowest BCUT2D eigenvalue weighted by molar-refractivity contribution is 0.103. The Hall–Kier alpha value is -3.30. The van der Waals surface area contributed by atoms with E-state index in [4.69, 9.17) is 9.47 Å². The molecule has 170 valence electrons. The van der Waals surface area contributed by atoms with Crippen LogP contribution in [0.1, 0.15) is 17.5 Å². The van der Waals surface area contributed by atoms with Crippen LogP contribution in [0.25, 0.3) is 5.57 Å². The molecule has 0 saturated carbocycles. The Labute approximate surface area is 195 Å². The van der Waals surface area contributed by atoms with Crippen molar-refractivity contribution in [1.29, 1.82) is 0 Å². The van der Waals surface area contributed by atoms with Gasteiger partial charge in [0.2, 0.25) is 5.88 Å². The highest BCUT2D eigenvalue weighted by atomic mass is 32.1. The summed E-state index contributed by atoms with van der Waals surface area (Å²) in [5.41, 5.74) is 3.33. The number of nitrogens with zero attached hydrogens (tertiary/aromatic N) is 4. The Bertz CT molecular complexity index is 1140. The van der Waals surface area contributed by atoms with Crippen molar-refractivity contribution in [1.82, 2.24) is 13.6 Å². The molecule has 1 saturated heterocycles. The molecule has 2 aliphatic rings. The molecule has 7 nitrogen and oxygen atoms in total. The summed E-state index contributed by atoms with van der Waals surface area (Å²) in [5, 5.41) is 0. The summed E-state index contributed by atoms with van der Waals surface area (Å²) in [7, 11) is 0. The first kappa shape index (κ1) is 21.5. The van der Waals surface area contributed by atoms with Gasteiger partial charge < -0.3 is 9.47 Å². The molecule has 0 bridgehead atoms. The van der Waals surface area contributed by atoms with E-state index in [0.717, 1.165) is 43.4 Å². The van der Waals surface area contributed by atoms with E-state index in [1.165, 1.54) is 22.7 Å². The van der Waals surface area contributed by atoms with E-state index in [1.54, 1.807) is 12.1 Å². The van der Waals surface area contributed by atoms with Crippen LogP contribution >= 0.6 is 11.7 Å². The molecule has 0 aliphatic carbocycles. The smallest absolute Gasteiger partial charge is 0.414 e. The maximum atomic E-state index is 15.0. The van der Waals surface area contributed by atoms with Crippen molar-refractivity contribution in [2.45, 2.75) is 19.1 Å². The number of carbonyl (C=O) groups is 1. The van der Waals surface area contributed by atoms with Crippen molar-refractivity contribution < 1.29 is 18.7 Å². The summed E-state index contributed by atoms with van der Waals surface area (Å²) >= 11 is 1.04. The molecular formula is C24H23FN4O3S. The summed E-state index contributed by atoms with van der Waals surface area (Å²) < 4.78 is 33.7. The molecule has 1 amide bonds. The number of amides is 1. The van der Waals surface area contributed by atoms with Gasteiger partial charge in [-0.05, 0) is 35.8 Å². The van der Waals surface area contributed by atoms with Crippen LogP contribution in [0.2, 0.25) is 0 Å². The number of anilines is 1. The van der Waals surface area contributed by atoms with Crippen molar-refractivity contribution in [3.63, 3.8) is 0 Å². The summed E-state index contributed by atoms with van der Waals surface area (Å²) in [4.78, 5) is 16.1. The average Bonchev–Trinajstić information content (AvgIpc) is 3.48. The standard InChI is InChI=1S/C24H23FN4O3S/c25-22-12-19(29-15-20(32-24(29)30)16-31-23-13-26-33-27-23)6-7-21(22)18-8-10-28(11-9-18)14-17-4-2-1-3-5-17/h1-8,12-13,20H,9-11,14-16H2. The lowest BCUT2D eigenvalue weighted by Crippen LogP contribution is -2.28. The predicted molar refractivity (Wildman–Crippen MR) is 124 cm³/mol. The van der Waals surface area contributed by atoms with Crippen LogP contribution < -0.4 is 9.64 Å². The van der Waals surface area contributed by atoms with Crippen LogP contribution in [0.4, 0.5) is 14.9 Å². The SMILES string of the molecule is O=C1OC(COc2cnsn2)CN1c1ccc(C2=CCN(Cc3ccccc3)CC2)c(F)c1. The summed E-state index contributed by atoms with van der Waals surface area (Å²) in [6, 6.07) is 15.3. The molecule has 9 heteroatoms. The van der Waals surface area contributed by atoms with Crippen molar-refractivity contribution in [2.75, 3.05) is 31.1 Å². The predicted octanol–water partition coefficient (Wildman–Crippen LogP) is 4.37. The van der Waals surface area contributed by atoms with Gasteiger partial charge in [-0.3, -0.25) is 9.80 Å². The number of ether oxygens (including phenoxy) is 2. The maximum absolute atomic E-state index is 15.0. The van der Waals surface area contributed by atoms with E-state index in [1.807, 2.05) is 18.2 Å². The number of aromatic nitrogens is 2. The molecule has 0 spiro atoms. The zero-order valence-electron chi connectivity index (χ0n) is 17.9. The quantitative estimate of drug-likeness (QED) is 0.515. The van der Waals surface area contributed by atoms with E-state index in [0.29, 0.717) is 17.1 Å². The van der Waals surface area contributed by atoms with Gasteiger partial charge in [0, 0.05) is 25.2 Å². The van der Waals surface area contributed by atoms with Crippen molar-refractivity contribution in [3.05, 3.63) is 77.7 Å². The molecule has 2 aromatic carbocycles. The highest BCUT2D eigenvalue weighted by molar-refractivity contribution is 6.99. The van der Waals surface area contributed by atoms with Gasteiger partial charge in [-0.1, -0.05) is 36.4 Å². The fourth-order valence-electron chi connectivity index (χ4n) is 4.09. The molecule has 1 aromatic heterocycles. The third-order valence-corrected chi connectivity index (χ3v) is 6.25. The second-order valence-corrected chi connectivity index (χ2v) is 8.59. The third kappa shape index (κ3) is 5.04. The topological polar surface area (TPSA) is 67.8 Å². The fraction of sp³-hybridized carbons (Fsp3) is 0.292. The molecule has 0 radical (unpaired) electrons. The van der Waals surface area contributed by atoms with E-state index < -0.39 is 12.2 Å². The number of halogens is 1. The number of hydrogen-bond donors (Lipinski definition) is 0. The highest BCUT2D eigenvalue weighted by Gasteiger charge is 2.33. The summed E-state index contributed by atoms with van der Waals surface area (Å²) in [5.74, 6) is 0.0595. The second kappa shape index (κ2) is 9.68. The van der Waals surface area contributed by atoms with E-state index >= 15 is 4.39 Å². The van der Waals surface area contributed by atoms with Crippen LogP contribution in [-0.2, 0) is 11.3 Å². The minimum atomic E-state index is -0.513. The Kier molecular flexibility index (Phi) is 6.32. The molecule has 1 fully saturated rings. The summed E-state index contributed by atoms with van der Waals surface area (Å²) in [6.45, 7) is 2.98. The molecule has 1 unspecified atom stereocenters. The zero-order chi connectivity index (χ0) is 22.6. The highest BCUT2D eigenvalue weighted by Crippen LogP contribution is 2.30. The maximum Gasteiger partial charge on any atom is 0.414 e. The summed E-state index contributed by atoms with van der Waals surface area (Å²) in [6.07, 6.45) is 3.41. The number of carbonyl (C=O) groups excluding carboxylic acids is 1. The van der Waals surface area contributed by atoms with E-state index in [9.17, 15) is 4.79 Å². The molecule has 3 aromatic rings. The Balaban J connectivity index is 1.21. The van der Waals surface area contributed by atoms with Gasteiger partial charge in [-0.25, -0.2) is 9.18 Å². The molecular weight excluding hydrogens is 443 g/mol. The number of cyclic esters (lactones) is 1. The lowest BCUT2D eigenvalue weighted by atomic mass is 9.98. The van der Waals surface area contributed by atoms with Gasteiger partial charge >= 0.3 is 6.09 Å². The van der Waals surface area contributed by atoms with Crippen LogP contribution in [0.3, 0.4) is 0 Å². The first-order chi connectivity index (χ1) is 16.2. The molecule has 1 atom stereocenters. The first-order valence-electron chi connectivity index (χ1n) is 10.8. The molecule has 2 aliphatic heterocycles. The minimum Gasteiger partial charge on any atom is -0.472 e. The van der Waals surface area contributed by atoms with Crippen molar-refractivity contribution in [2.24, 2.45) is 0 Å². The normalized spacial score (nSPS) is 18.8. The second-order valence-electron chi connectivity index (χ2n) is 8.04. The average molecular weight is 467 g/mol. The minimum absolute atomic E-state index is 0.167. The fourth-order valence-corrected chi connectivity index (χ4v) is 4.46. The monoisotopic (exact) mass is 466 g/mol. The molecule has 5 rings (SSSR count). The van der Waals surface area contributed by atoms with Gasteiger partial charge in [0.05, 0.1) is 24.0 Å². The molecule has 3 heterocycles. The van der Waals surface area contributed by atoms with E-state index in [2.05, 4.69) is 31.9 Å². The Morgan fingerprint density at radius 1 is 1.21 bits per heavy atom. The number of rotatable bonds is 7. The van der Waals surface area contributed by atoms with Crippen molar-refractivity contribution >= 4 is 29.1 Å². The van der Waals surface area contributed by atoms with Crippen LogP contribution in [-0.4, -0.2) is 52.1 Å². The van der Waals surface area contributed by atoms with Crippen molar-refractivity contribution in [3.8, 4) is 5.88 Å². The largest absolute Gasteiger partial charge is 0.472 e. The first-order valence-corrected chi connectivity index (χ1v) is 11.5. The molecule has 0 N–H and O–H groups in total. The van der Waals surface area contributed by atoms with Gasteiger partial charge in [0.25, 0.3) is 0 Å². The van der Waals surface area contributed by atoms with Gasteiger partial charge in [0.15, 0.2) is 6.10 Å². The lowest BCUT2D eigenvalue weighted by Gasteiger charge is -2.27. The zero-order valence-corrected chi connectivity index (χ0v) is 18.7. The van der Waals surface area contributed by atoms with Gasteiger partial charge in [-0.2, -0.15) is 4.37 Å². The van der Waals surface area contributed by atoms with E-state index in [-0.39, 0.29) is 19.0 Å². The number of hydrogen-bond acceptors (Lipinski definition) is 7.